The highest BCUT2D eigenvalue weighted by Gasteiger charge is 2.42. The lowest BCUT2D eigenvalue weighted by molar-refractivity contribution is -0.139. The smallest absolute Gasteiger partial charge is 0.335 e. The Morgan fingerprint density at radius 2 is 0.500 bits per heavy atom. The minimum atomic E-state index is -4.90. The third kappa shape index (κ3) is 33.8. The van der Waals surface area contributed by atoms with Gasteiger partial charge in [-0.1, -0.05) is 106 Å². The Kier molecular flexibility index (Phi) is 31.2. The van der Waals surface area contributed by atoms with Crippen molar-refractivity contribution in [3.63, 3.8) is 0 Å². The maximum atomic E-state index is 13.7. The first kappa shape index (κ1) is 80.0. The fraction of sp³-hybridized carbons (Fsp3) is 0.400. The van der Waals surface area contributed by atoms with E-state index in [4.69, 9.17) is 135 Å². The second kappa shape index (κ2) is 53.9. The summed E-state index contributed by atoms with van der Waals surface area (Å²) in [4.78, 5) is 72.9. The number of hydrogen-bond acceptors (Lipinski definition) is 24. The van der Waals surface area contributed by atoms with Gasteiger partial charge in [-0.15, -0.1) is 0 Å². The molecule has 138 heavy (non-hydrogen) atoms. The van der Waals surface area contributed by atoms with Crippen molar-refractivity contribution in [3.05, 3.63) is 244 Å². The van der Waals surface area contributed by atoms with Gasteiger partial charge >= 0.3 is 35.8 Å². The van der Waals surface area contributed by atoms with Gasteiger partial charge in [-0.05, 0) is 266 Å². The molecule has 6 aliphatic rings. The van der Waals surface area contributed by atoms with Gasteiger partial charge in [-0.3, -0.25) is 28.3 Å². The van der Waals surface area contributed by atoms with Crippen LogP contribution in [0.15, 0.2) is 179 Å². The van der Waals surface area contributed by atoms with E-state index in [1.54, 1.807) is 13.8 Å². The van der Waals surface area contributed by atoms with E-state index in [-0.39, 0.29) is 126 Å². The van der Waals surface area contributed by atoms with E-state index in [0.717, 1.165) is 6.08 Å². The number of hydrogen-bond donors (Lipinski definition) is 6. The Morgan fingerprint density at radius 1 is 0.297 bits per heavy atom. The number of benzene rings is 6. The van der Waals surface area contributed by atoms with E-state index in [1.807, 2.05) is 23.6 Å². The van der Waals surface area contributed by atoms with E-state index in [2.05, 4.69) is 4.72 Å². The molecule has 0 aromatic heterocycles. The number of nitrogens with one attached hydrogen (secondary N) is 6. The van der Waals surface area contributed by atoms with Crippen LogP contribution in [0, 0.1) is 34.9 Å². The number of carbonyl (C=O) groups is 6. The minimum Gasteiger partial charge on any atom is -0.463 e. The molecule has 0 amide bonds. The van der Waals surface area contributed by atoms with Crippen molar-refractivity contribution in [2.75, 3.05) is 68.0 Å². The highest BCUT2D eigenvalue weighted by molar-refractivity contribution is 7.95. The lowest BCUT2D eigenvalue weighted by atomic mass is 9.99. The summed E-state index contributed by atoms with van der Waals surface area (Å²) >= 11 is 34.7. The topological polar surface area (TPSA) is 435 Å². The van der Waals surface area contributed by atoms with Crippen LogP contribution in [0.5, 0.6) is 0 Å². The van der Waals surface area contributed by atoms with Crippen LogP contribution in [0.4, 0.5) is 60.5 Å². The zero-order valence-electron chi connectivity index (χ0n) is 99.9. The van der Waals surface area contributed by atoms with Crippen molar-refractivity contribution in [2.45, 2.75) is 188 Å². The third-order valence-corrected chi connectivity index (χ3v) is 29.7. The molecule has 0 aliphatic heterocycles. The first-order chi connectivity index (χ1) is 76.0. The van der Waals surface area contributed by atoms with Crippen LogP contribution in [0.25, 0.3) is 0 Å². The van der Waals surface area contributed by atoms with Gasteiger partial charge in [-0.2, -0.15) is 0 Å². The number of halogens is 12. The van der Waals surface area contributed by atoms with Gasteiger partial charge in [0.2, 0.25) is 60.1 Å². The van der Waals surface area contributed by atoms with E-state index in [9.17, 15) is 106 Å². The molecule has 6 N–H and O–H groups in total. The summed E-state index contributed by atoms with van der Waals surface area (Å²) < 4.78 is 486. The van der Waals surface area contributed by atoms with E-state index in [1.165, 1.54) is 39.8 Å². The number of carbonyl (C=O) groups excluding carboxylic acids is 6. The molecule has 0 saturated carbocycles. The van der Waals surface area contributed by atoms with Crippen molar-refractivity contribution in [3.8, 4) is 0 Å². The number of sulfonamides is 6. The summed E-state index contributed by atoms with van der Waals surface area (Å²) in [5, 5.41) is -16.2. The van der Waals surface area contributed by atoms with Gasteiger partial charge in [0.25, 0.3) is 0 Å². The lowest BCUT2D eigenvalue weighted by Crippen LogP contribution is -2.34. The highest BCUT2D eigenvalue weighted by atomic mass is 35.5. The van der Waals surface area contributed by atoms with Crippen LogP contribution >= 0.6 is 69.6 Å². The number of allylic oxidation sites excluding steroid dienone is 6. The third-order valence-electron chi connectivity index (χ3n) is 18.2. The van der Waals surface area contributed by atoms with E-state index < -0.39 is 378 Å². The van der Waals surface area contributed by atoms with Crippen LogP contribution in [0.1, 0.15) is 194 Å². The van der Waals surface area contributed by atoms with Crippen molar-refractivity contribution in [1.82, 2.24) is 0 Å². The summed E-state index contributed by atoms with van der Waals surface area (Å²) in [6.45, 7) is 8.91. The molecule has 6 aromatic rings. The standard InChI is InChI=1S/6C15H17ClFNO4S/c6*1-2-22-15(19)11-5-3-4-6-14(11)23(20,21)18-13-8-7-10(17)9-12(13)16/h6*5,7-9,14,18H,2-4,6H2,1H3/t6*14-/m111111/s1/i5D,7D,8D,9D,14D;3D2,7D,8D,9D,14D;7D,8D,9D,14D;5D,7D,8D,9D;3D2,7D,8D,9D;7D,8D,9D. The van der Waals surface area contributed by atoms with Gasteiger partial charge in [-0.25, -0.2) is 106 Å². The molecule has 0 unspecified atom stereocenters. The SMILES string of the molecule is [2H]C1=C(C(=O)OCC)[C@H](S(=O)(=O)Nc2c([2H])c([2H])c(F)c([2H])c2Cl)CCC1.[2H]C1=C(C(=O)OCC)[C@]([2H])(S(=O)(=O)Nc2c([2H])c([2H])c(F)c([2H])c2Cl)CCC1.[2H]c1c([2H])c(NS(=O)(=O)[C@@H]2CCC([2H])([2H])C=C2C(=O)OCC)c(Cl)c([2H])c1F.[2H]c1c([2H])c(NS(=O)(=O)[C@@H]2CCCC=C2C(=O)OCC)c(Cl)c([2H])c1F.[2H]c1c([2H])c(NS(=O)(=O)[C@]2([2H])CCC([2H])([2H])C=C2C(=O)OCC)c(Cl)c([2H])c1F.[2H]c1c([2H])c(NS(=O)(=O)[C@]2([2H])CCCC=C2C(=O)OCC)c(Cl)c([2H])c1F. The second-order valence-corrected chi connectivity index (χ2v) is 40.6. The van der Waals surface area contributed by atoms with Gasteiger partial charge < -0.3 is 28.4 Å². The Labute approximate surface area is 866 Å². The average molecular weight is 2200 g/mol. The summed E-state index contributed by atoms with van der Waals surface area (Å²) in [7, 11) is -27.5. The number of esters is 6. The quantitative estimate of drug-likeness (QED) is 0.0139. The van der Waals surface area contributed by atoms with E-state index >= 15 is 0 Å². The molecule has 6 aliphatic carbocycles. The number of rotatable bonds is 30. The normalized spacial score (nSPS) is 23.5. The Balaban J connectivity index is 0.000000266. The Morgan fingerprint density at radius 3 is 0.819 bits per heavy atom. The predicted molar refractivity (Wildman–Crippen MR) is 518 cm³/mol. The molecule has 0 spiro atoms. The van der Waals surface area contributed by atoms with E-state index in [0.29, 0.717) is 38.2 Å². The van der Waals surface area contributed by atoms with Crippen LogP contribution in [-0.2, 0) is 117 Å². The average Bonchev–Trinajstić information content (AvgIpc) is 0.728. The molecule has 0 saturated heterocycles. The monoisotopic (exact) mass is 2190 g/mol. The highest BCUT2D eigenvalue weighted by Crippen LogP contribution is 2.39. The number of anilines is 6. The summed E-state index contributed by atoms with van der Waals surface area (Å²) in [6.07, 6.45) is 1.06. The molecular formula is C90H102Cl6F6N6O24S6. The van der Waals surface area contributed by atoms with Gasteiger partial charge in [0, 0.05) is 5.48 Å². The minimum absolute atomic E-state index is 0.000867. The fourth-order valence-electron chi connectivity index (χ4n) is 12.3. The maximum Gasteiger partial charge on any atom is 0.335 e. The molecule has 30 nitrogen and oxygen atoms in total. The van der Waals surface area contributed by atoms with Crippen LogP contribution in [-0.4, -0.2) is 157 Å². The maximum absolute atomic E-state index is 13.7. The van der Waals surface area contributed by atoms with Crippen LogP contribution < -0.4 is 28.3 Å². The molecule has 12 rings (SSSR count). The molecule has 756 valence electrons. The Bertz CT molecular complexity index is 7830. The molecular weight excluding hydrogens is 2070 g/mol. The van der Waals surface area contributed by atoms with Gasteiger partial charge in [0.05, 0.1) is 169 Å². The first-order valence-corrected chi connectivity index (χ1v) is 52.0. The molecule has 0 fully saturated rings. The number of ether oxygens (including phenoxy) is 6. The molecule has 6 atom stereocenters. The molecule has 0 heterocycles. The van der Waals surface area contributed by atoms with Crippen molar-refractivity contribution in [1.29, 1.82) is 0 Å². The van der Waals surface area contributed by atoms with Crippen LogP contribution in [0.3, 0.4) is 0 Å². The fourth-order valence-corrected chi connectivity index (χ4v) is 22.5. The van der Waals surface area contributed by atoms with Crippen molar-refractivity contribution >= 4 is 200 Å². The molecule has 0 radical (unpaired) electrons. The summed E-state index contributed by atoms with van der Waals surface area (Å²) in [5.41, 5.74) is -6.58. The largest absolute Gasteiger partial charge is 0.463 e. The van der Waals surface area contributed by atoms with Gasteiger partial charge in [0.15, 0.2) is 0 Å². The van der Waals surface area contributed by atoms with Gasteiger partial charge in [0.1, 0.15) is 66.3 Å². The lowest BCUT2D eigenvalue weighted by Gasteiger charge is -2.24. The molecule has 6 aromatic carbocycles. The Hall–Kier alpha value is -9.60. The van der Waals surface area contributed by atoms with Crippen molar-refractivity contribution < 1.29 is 171 Å². The zero-order valence-corrected chi connectivity index (χ0v) is 82.3. The molecule has 0 bridgehead atoms. The predicted octanol–water partition coefficient (Wildman–Crippen LogP) is 19.6. The molecule has 48 heteroatoms. The van der Waals surface area contributed by atoms with Crippen molar-refractivity contribution in [2.24, 2.45) is 0 Å². The summed E-state index contributed by atoms with van der Waals surface area (Å²) in [6, 6.07) is -17.5. The second-order valence-electron chi connectivity index (χ2n) is 27.7. The zero-order chi connectivity index (χ0) is 126. The summed E-state index contributed by atoms with van der Waals surface area (Å²) in [5.74, 6) is -14.1. The first-order valence-electron chi connectivity index (χ1n) is 54.1. The van der Waals surface area contributed by atoms with Crippen LogP contribution in [0.2, 0.25) is 30.1 Å².